The summed E-state index contributed by atoms with van der Waals surface area (Å²) < 4.78 is 10.0. The number of amides is 1. The van der Waals surface area contributed by atoms with Crippen molar-refractivity contribution in [3.63, 3.8) is 0 Å². The molecule has 1 amide bonds. The smallest absolute Gasteiger partial charge is 0.328 e. The third-order valence-electron chi connectivity index (χ3n) is 4.89. The summed E-state index contributed by atoms with van der Waals surface area (Å²) in [6.07, 6.45) is 1.82. The molecule has 1 aliphatic heterocycles. The Kier molecular flexibility index (Phi) is 6.38. The minimum absolute atomic E-state index is 0.113. The molecule has 1 rings (SSSR count). The van der Waals surface area contributed by atoms with Crippen molar-refractivity contribution in [2.75, 3.05) is 13.7 Å². The molecule has 0 radical (unpaired) electrons. The Bertz CT molecular complexity index is 430. The molecule has 6 heteroatoms. The summed E-state index contributed by atoms with van der Waals surface area (Å²) in [6.45, 7) is 7.69. The van der Waals surface area contributed by atoms with Crippen LogP contribution >= 0.6 is 0 Å². The van der Waals surface area contributed by atoms with Gasteiger partial charge in [-0.05, 0) is 33.1 Å². The van der Waals surface area contributed by atoms with Crippen molar-refractivity contribution < 1.29 is 23.9 Å². The SMILES string of the molecule is CCOC(=O)C(CC)(CC)C(C)N1C(=O)CCC1C(=O)OC. The van der Waals surface area contributed by atoms with Crippen LogP contribution in [-0.4, -0.2) is 48.5 Å². The largest absolute Gasteiger partial charge is 0.467 e. The number of rotatable bonds is 7. The Morgan fingerprint density at radius 2 is 1.91 bits per heavy atom. The van der Waals surface area contributed by atoms with Crippen LogP contribution in [0.4, 0.5) is 0 Å². The van der Waals surface area contributed by atoms with Crippen LogP contribution in [0.15, 0.2) is 0 Å². The van der Waals surface area contributed by atoms with Crippen LogP contribution in [0.5, 0.6) is 0 Å². The van der Waals surface area contributed by atoms with E-state index < -0.39 is 23.5 Å². The normalized spacial score (nSPS) is 20.0. The molecule has 0 aliphatic carbocycles. The number of hydrogen-bond acceptors (Lipinski definition) is 5. The molecule has 22 heavy (non-hydrogen) atoms. The summed E-state index contributed by atoms with van der Waals surface area (Å²) >= 11 is 0. The molecule has 0 aromatic rings. The standard InChI is InChI=1S/C16H27NO5/c1-6-16(7-2,15(20)22-8-3)11(4)17-12(14(19)21-5)9-10-13(17)18/h11-12H,6-10H2,1-5H3. The van der Waals surface area contributed by atoms with Gasteiger partial charge in [0.25, 0.3) is 0 Å². The predicted octanol–water partition coefficient (Wildman–Crippen LogP) is 1.91. The van der Waals surface area contributed by atoms with Crippen molar-refractivity contribution >= 4 is 17.8 Å². The monoisotopic (exact) mass is 313 g/mol. The molecule has 2 unspecified atom stereocenters. The van der Waals surface area contributed by atoms with Crippen LogP contribution in [0.2, 0.25) is 0 Å². The molecule has 0 N–H and O–H groups in total. The van der Waals surface area contributed by atoms with Gasteiger partial charge in [0.1, 0.15) is 6.04 Å². The second kappa shape index (κ2) is 7.61. The van der Waals surface area contributed by atoms with Crippen LogP contribution in [0.25, 0.3) is 0 Å². The van der Waals surface area contributed by atoms with E-state index in [1.165, 1.54) is 12.0 Å². The molecule has 0 aromatic heterocycles. The molecule has 1 saturated heterocycles. The van der Waals surface area contributed by atoms with Gasteiger partial charge in [-0.1, -0.05) is 13.8 Å². The van der Waals surface area contributed by atoms with E-state index in [0.29, 0.717) is 32.3 Å². The first kappa shape index (κ1) is 18.5. The number of nitrogens with zero attached hydrogens (tertiary/aromatic N) is 1. The predicted molar refractivity (Wildman–Crippen MR) is 81.0 cm³/mol. The topological polar surface area (TPSA) is 72.9 Å². The Morgan fingerprint density at radius 1 is 1.32 bits per heavy atom. The highest BCUT2D eigenvalue weighted by Gasteiger charge is 2.50. The van der Waals surface area contributed by atoms with Crippen molar-refractivity contribution in [1.82, 2.24) is 4.90 Å². The molecule has 0 saturated carbocycles. The minimum Gasteiger partial charge on any atom is -0.467 e. The Hall–Kier alpha value is -1.59. The second-order valence-electron chi connectivity index (χ2n) is 5.64. The maximum atomic E-state index is 12.5. The van der Waals surface area contributed by atoms with E-state index in [9.17, 15) is 14.4 Å². The van der Waals surface area contributed by atoms with Crippen molar-refractivity contribution in [2.24, 2.45) is 5.41 Å². The van der Waals surface area contributed by atoms with Crippen molar-refractivity contribution in [3.8, 4) is 0 Å². The first-order chi connectivity index (χ1) is 10.4. The maximum Gasteiger partial charge on any atom is 0.328 e. The van der Waals surface area contributed by atoms with Crippen LogP contribution in [-0.2, 0) is 23.9 Å². The summed E-state index contributed by atoms with van der Waals surface area (Å²) in [5.41, 5.74) is -0.803. The quantitative estimate of drug-likeness (QED) is 0.671. The van der Waals surface area contributed by atoms with Crippen LogP contribution in [0, 0.1) is 5.41 Å². The number of esters is 2. The molecule has 1 heterocycles. The van der Waals surface area contributed by atoms with Crippen molar-refractivity contribution in [2.45, 2.75) is 65.5 Å². The summed E-state index contributed by atoms with van der Waals surface area (Å²) in [7, 11) is 1.31. The zero-order valence-electron chi connectivity index (χ0n) is 14.2. The third kappa shape index (κ3) is 3.10. The minimum atomic E-state index is -0.803. The Labute approximate surface area is 132 Å². The van der Waals surface area contributed by atoms with Gasteiger partial charge in [0.15, 0.2) is 0 Å². The zero-order chi connectivity index (χ0) is 16.9. The summed E-state index contributed by atoms with van der Waals surface area (Å²) in [4.78, 5) is 38.2. The van der Waals surface area contributed by atoms with Gasteiger partial charge in [-0.2, -0.15) is 0 Å². The van der Waals surface area contributed by atoms with Gasteiger partial charge in [0.05, 0.1) is 19.1 Å². The first-order valence-electron chi connectivity index (χ1n) is 7.95. The lowest BCUT2D eigenvalue weighted by Crippen LogP contribution is -2.55. The molecule has 0 aromatic carbocycles. The fourth-order valence-electron chi connectivity index (χ4n) is 3.40. The molecule has 1 aliphatic rings. The van der Waals surface area contributed by atoms with Crippen molar-refractivity contribution in [3.05, 3.63) is 0 Å². The van der Waals surface area contributed by atoms with E-state index in [-0.39, 0.29) is 11.9 Å². The summed E-state index contributed by atoms with van der Waals surface area (Å²) in [6, 6.07) is -1.03. The average molecular weight is 313 g/mol. The fourth-order valence-corrected chi connectivity index (χ4v) is 3.40. The number of ether oxygens (including phenoxy) is 2. The van der Waals surface area contributed by atoms with Gasteiger partial charge in [0.2, 0.25) is 5.91 Å². The fraction of sp³-hybridized carbons (Fsp3) is 0.812. The lowest BCUT2D eigenvalue weighted by Gasteiger charge is -2.42. The van der Waals surface area contributed by atoms with Crippen LogP contribution in [0.3, 0.4) is 0 Å². The van der Waals surface area contributed by atoms with E-state index in [1.807, 2.05) is 20.8 Å². The summed E-state index contributed by atoms with van der Waals surface area (Å²) in [5.74, 6) is -0.850. The van der Waals surface area contributed by atoms with Gasteiger partial charge in [-0.25, -0.2) is 4.79 Å². The van der Waals surface area contributed by atoms with Gasteiger partial charge in [-0.3, -0.25) is 9.59 Å². The van der Waals surface area contributed by atoms with Gasteiger partial charge in [0, 0.05) is 12.5 Å². The molecule has 0 bridgehead atoms. The van der Waals surface area contributed by atoms with E-state index in [1.54, 1.807) is 6.92 Å². The number of hydrogen-bond donors (Lipinski definition) is 0. The molecular formula is C16H27NO5. The highest BCUT2D eigenvalue weighted by molar-refractivity contribution is 5.89. The van der Waals surface area contributed by atoms with Crippen molar-refractivity contribution in [1.29, 1.82) is 0 Å². The second-order valence-corrected chi connectivity index (χ2v) is 5.64. The Balaban J connectivity index is 3.16. The molecule has 0 spiro atoms. The number of carbonyl (C=O) groups is 3. The highest BCUT2D eigenvalue weighted by atomic mass is 16.5. The molecule has 2 atom stereocenters. The highest BCUT2D eigenvalue weighted by Crippen LogP contribution is 2.38. The van der Waals surface area contributed by atoms with E-state index >= 15 is 0 Å². The van der Waals surface area contributed by atoms with E-state index in [2.05, 4.69) is 0 Å². The third-order valence-corrected chi connectivity index (χ3v) is 4.89. The Morgan fingerprint density at radius 3 is 2.36 bits per heavy atom. The first-order valence-corrected chi connectivity index (χ1v) is 7.95. The molecule has 6 nitrogen and oxygen atoms in total. The maximum absolute atomic E-state index is 12.5. The number of methoxy groups -OCH3 is 1. The number of likely N-dealkylation sites (tertiary alicyclic amines) is 1. The van der Waals surface area contributed by atoms with Crippen LogP contribution < -0.4 is 0 Å². The molecule has 126 valence electrons. The average Bonchev–Trinajstić information content (AvgIpc) is 2.90. The van der Waals surface area contributed by atoms with E-state index in [4.69, 9.17) is 9.47 Å². The molecule has 1 fully saturated rings. The van der Waals surface area contributed by atoms with E-state index in [0.717, 1.165) is 0 Å². The van der Waals surface area contributed by atoms with Gasteiger partial charge >= 0.3 is 11.9 Å². The summed E-state index contributed by atoms with van der Waals surface area (Å²) in [5, 5.41) is 0. The zero-order valence-corrected chi connectivity index (χ0v) is 14.2. The lowest BCUT2D eigenvalue weighted by molar-refractivity contribution is -0.166. The number of carbonyl (C=O) groups excluding carboxylic acids is 3. The lowest BCUT2D eigenvalue weighted by atomic mass is 9.75. The van der Waals surface area contributed by atoms with Gasteiger partial charge < -0.3 is 14.4 Å². The van der Waals surface area contributed by atoms with Crippen LogP contribution in [0.1, 0.15) is 53.4 Å². The van der Waals surface area contributed by atoms with Gasteiger partial charge in [-0.15, -0.1) is 0 Å². The molecular weight excluding hydrogens is 286 g/mol.